The molecule has 0 aliphatic carbocycles. The lowest BCUT2D eigenvalue weighted by molar-refractivity contribution is -0.138. The SMILES string of the molecule is CCOC(=O)C1=C(O)C(=Cc2ccc3c(c2)OCO3)SC1=Nc1cccc(C(F)(F)F)c1. The second-order valence-electron chi connectivity index (χ2n) is 6.63. The molecule has 2 heterocycles. The predicted molar refractivity (Wildman–Crippen MR) is 113 cm³/mol. The first-order chi connectivity index (χ1) is 15.3. The third-order valence-electron chi connectivity index (χ3n) is 4.47. The molecule has 2 aliphatic rings. The quantitative estimate of drug-likeness (QED) is 0.593. The molecule has 0 aromatic heterocycles. The molecule has 2 aromatic rings. The van der Waals surface area contributed by atoms with Gasteiger partial charge in [-0.3, -0.25) is 0 Å². The second-order valence-corrected chi connectivity index (χ2v) is 7.66. The minimum atomic E-state index is -4.54. The van der Waals surface area contributed by atoms with Crippen LogP contribution in [-0.4, -0.2) is 29.5 Å². The van der Waals surface area contributed by atoms with Gasteiger partial charge in [0.1, 0.15) is 16.4 Å². The van der Waals surface area contributed by atoms with Crippen LogP contribution in [0.15, 0.2) is 63.7 Å². The summed E-state index contributed by atoms with van der Waals surface area (Å²) in [5.41, 5.74) is -0.432. The topological polar surface area (TPSA) is 77.4 Å². The summed E-state index contributed by atoms with van der Waals surface area (Å²) in [6.45, 7) is 1.76. The molecule has 0 amide bonds. The number of fused-ring (bicyclic) bond motifs is 1. The molecule has 166 valence electrons. The minimum absolute atomic E-state index is 0.0127. The van der Waals surface area contributed by atoms with Gasteiger partial charge in [0.25, 0.3) is 0 Å². The number of hydrogen-bond donors (Lipinski definition) is 1. The zero-order valence-electron chi connectivity index (χ0n) is 16.6. The molecule has 0 unspecified atom stereocenters. The summed E-state index contributed by atoms with van der Waals surface area (Å²) in [5, 5.41) is 10.7. The molecule has 0 saturated carbocycles. The van der Waals surface area contributed by atoms with Gasteiger partial charge in [-0.1, -0.05) is 23.9 Å². The van der Waals surface area contributed by atoms with Gasteiger partial charge in [0, 0.05) is 0 Å². The number of esters is 1. The Labute approximate surface area is 185 Å². The van der Waals surface area contributed by atoms with Crippen molar-refractivity contribution in [2.24, 2.45) is 4.99 Å². The summed E-state index contributed by atoms with van der Waals surface area (Å²) in [6.07, 6.45) is -2.93. The molecular formula is C22H16F3NO5S. The Bertz CT molecular complexity index is 1170. The zero-order chi connectivity index (χ0) is 22.9. The van der Waals surface area contributed by atoms with Crippen molar-refractivity contribution in [1.82, 2.24) is 0 Å². The highest BCUT2D eigenvalue weighted by atomic mass is 32.2. The normalized spacial score (nSPS) is 18.0. The van der Waals surface area contributed by atoms with Crippen LogP contribution in [0.4, 0.5) is 18.9 Å². The smallest absolute Gasteiger partial charge is 0.416 e. The van der Waals surface area contributed by atoms with Crippen molar-refractivity contribution in [2.45, 2.75) is 13.1 Å². The van der Waals surface area contributed by atoms with Crippen LogP contribution in [0, 0.1) is 0 Å². The zero-order valence-corrected chi connectivity index (χ0v) is 17.4. The number of aliphatic hydroxyl groups excluding tert-OH is 1. The van der Waals surface area contributed by atoms with Gasteiger partial charge in [0.15, 0.2) is 11.5 Å². The van der Waals surface area contributed by atoms with Crippen LogP contribution in [0.1, 0.15) is 18.1 Å². The molecule has 0 atom stereocenters. The van der Waals surface area contributed by atoms with Gasteiger partial charge in [0.05, 0.1) is 22.8 Å². The van der Waals surface area contributed by atoms with Crippen molar-refractivity contribution in [2.75, 3.05) is 13.4 Å². The van der Waals surface area contributed by atoms with E-state index in [9.17, 15) is 23.1 Å². The molecule has 2 aromatic carbocycles. The average Bonchev–Trinajstić information content (AvgIpc) is 3.32. The maximum absolute atomic E-state index is 13.0. The maximum atomic E-state index is 13.0. The molecule has 32 heavy (non-hydrogen) atoms. The standard InChI is InChI=1S/C22H16F3NO5S/c1-2-29-21(28)18-19(27)17(9-12-6-7-15-16(8-12)31-11-30-15)32-20(18)26-14-5-3-4-13(10-14)22(23,24)25/h3-10,27H,2,11H2,1H3. The van der Waals surface area contributed by atoms with Gasteiger partial charge in [-0.2, -0.15) is 13.2 Å². The van der Waals surface area contributed by atoms with E-state index in [1.54, 1.807) is 31.2 Å². The first-order valence-corrected chi connectivity index (χ1v) is 10.2. The number of hydrogen-bond acceptors (Lipinski definition) is 7. The lowest BCUT2D eigenvalue weighted by Crippen LogP contribution is -2.13. The summed E-state index contributed by atoms with van der Waals surface area (Å²) in [6, 6.07) is 9.54. The van der Waals surface area contributed by atoms with E-state index in [2.05, 4.69) is 4.99 Å². The first-order valence-electron chi connectivity index (χ1n) is 9.42. The number of aliphatic hydroxyl groups is 1. The third-order valence-corrected chi connectivity index (χ3v) is 5.49. The van der Waals surface area contributed by atoms with Crippen LogP contribution < -0.4 is 9.47 Å². The van der Waals surface area contributed by atoms with E-state index < -0.39 is 17.7 Å². The number of carbonyl (C=O) groups excluding carboxylic acids is 1. The Morgan fingerprint density at radius 2 is 2.00 bits per heavy atom. The highest BCUT2D eigenvalue weighted by Gasteiger charge is 2.34. The monoisotopic (exact) mass is 463 g/mol. The fourth-order valence-corrected chi connectivity index (χ4v) is 4.05. The van der Waals surface area contributed by atoms with Crippen LogP contribution >= 0.6 is 11.8 Å². The van der Waals surface area contributed by atoms with Crippen LogP contribution in [0.5, 0.6) is 11.5 Å². The van der Waals surface area contributed by atoms with Gasteiger partial charge in [-0.25, -0.2) is 9.79 Å². The Kier molecular flexibility index (Phi) is 5.88. The van der Waals surface area contributed by atoms with Gasteiger partial charge in [0.2, 0.25) is 6.79 Å². The largest absolute Gasteiger partial charge is 0.506 e. The summed E-state index contributed by atoms with van der Waals surface area (Å²) >= 11 is 0.950. The van der Waals surface area contributed by atoms with Gasteiger partial charge >= 0.3 is 12.1 Å². The van der Waals surface area contributed by atoms with Crippen molar-refractivity contribution < 1.29 is 37.3 Å². The fourth-order valence-electron chi connectivity index (χ4n) is 3.02. The van der Waals surface area contributed by atoms with Crippen LogP contribution in [0.25, 0.3) is 6.08 Å². The lowest BCUT2D eigenvalue weighted by atomic mass is 10.1. The number of halogens is 3. The van der Waals surface area contributed by atoms with Gasteiger partial charge in [-0.05, 0) is 48.9 Å². The molecular weight excluding hydrogens is 447 g/mol. The highest BCUT2D eigenvalue weighted by molar-refractivity contribution is 8.18. The number of thioether (sulfide) groups is 1. The van der Waals surface area contributed by atoms with Crippen LogP contribution in [0.2, 0.25) is 0 Å². The number of carbonyl (C=O) groups is 1. The highest BCUT2D eigenvalue weighted by Crippen LogP contribution is 2.42. The number of aliphatic imine (C=N–C) groups is 1. The van der Waals surface area contributed by atoms with Crippen molar-refractivity contribution in [3.8, 4) is 11.5 Å². The molecule has 6 nitrogen and oxygen atoms in total. The van der Waals surface area contributed by atoms with Crippen molar-refractivity contribution >= 4 is 34.5 Å². The summed E-state index contributed by atoms with van der Waals surface area (Å²) in [7, 11) is 0. The molecule has 4 rings (SSSR count). The van der Waals surface area contributed by atoms with Crippen molar-refractivity contribution in [3.63, 3.8) is 0 Å². The maximum Gasteiger partial charge on any atom is 0.416 e. The molecule has 10 heteroatoms. The second kappa shape index (κ2) is 8.62. The fraction of sp³-hybridized carbons (Fsp3) is 0.182. The minimum Gasteiger partial charge on any atom is -0.506 e. The molecule has 0 saturated heterocycles. The van der Waals surface area contributed by atoms with Crippen LogP contribution in [-0.2, 0) is 15.7 Å². The van der Waals surface area contributed by atoms with Gasteiger partial charge in [-0.15, -0.1) is 0 Å². The van der Waals surface area contributed by atoms with E-state index >= 15 is 0 Å². The first kappa shape index (κ1) is 21.8. The van der Waals surface area contributed by atoms with E-state index in [4.69, 9.17) is 14.2 Å². The average molecular weight is 463 g/mol. The summed E-state index contributed by atoms with van der Waals surface area (Å²) < 4.78 is 54.7. The van der Waals surface area contributed by atoms with E-state index in [0.29, 0.717) is 17.1 Å². The molecule has 0 bridgehead atoms. The number of ether oxygens (including phenoxy) is 3. The van der Waals surface area contributed by atoms with Crippen molar-refractivity contribution in [1.29, 1.82) is 0 Å². The number of benzene rings is 2. The molecule has 1 N–H and O–H groups in total. The van der Waals surface area contributed by atoms with E-state index in [0.717, 1.165) is 23.9 Å². The summed E-state index contributed by atoms with van der Waals surface area (Å²) in [5.74, 6) is -0.0616. The third kappa shape index (κ3) is 4.45. The van der Waals surface area contributed by atoms with Crippen LogP contribution in [0.3, 0.4) is 0 Å². The summed E-state index contributed by atoms with van der Waals surface area (Å²) in [4.78, 5) is 16.9. The number of alkyl halides is 3. The Hall–Kier alpha value is -3.40. The molecule has 0 spiro atoms. The van der Waals surface area contributed by atoms with E-state index in [1.807, 2.05) is 0 Å². The van der Waals surface area contributed by atoms with Gasteiger partial charge < -0.3 is 19.3 Å². The number of rotatable bonds is 4. The van der Waals surface area contributed by atoms with Crippen molar-refractivity contribution in [3.05, 3.63) is 69.8 Å². The lowest BCUT2D eigenvalue weighted by Gasteiger charge is -2.07. The predicted octanol–water partition coefficient (Wildman–Crippen LogP) is 5.63. The number of nitrogens with zero attached hydrogens (tertiary/aromatic N) is 1. The molecule has 2 aliphatic heterocycles. The van der Waals surface area contributed by atoms with E-state index in [1.165, 1.54) is 12.1 Å². The Balaban J connectivity index is 1.73. The molecule has 0 fully saturated rings. The van der Waals surface area contributed by atoms with E-state index in [-0.39, 0.29) is 40.4 Å². The Morgan fingerprint density at radius 3 is 2.75 bits per heavy atom. The molecule has 0 radical (unpaired) electrons. The Morgan fingerprint density at radius 1 is 1.22 bits per heavy atom.